The fraction of sp³-hybridized carbons (Fsp3) is 0.0667. The first-order chi connectivity index (χ1) is 9.13. The van der Waals surface area contributed by atoms with E-state index in [1.54, 1.807) is 30.5 Å². The van der Waals surface area contributed by atoms with Crippen LogP contribution in [0.3, 0.4) is 0 Å². The van der Waals surface area contributed by atoms with E-state index in [0.717, 1.165) is 11.1 Å². The van der Waals surface area contributed by atoms with Gasteiger partial charge in [-0.3, -0.25) is 4.79 Å². The number of carbonyl (C=O) groups is 1. The van der Waals surface area contributed by atoms with Crippen LogP contribution < -0.4 is 5.32 Å². The molecule has 2 rings (SSSR count). The normalized spacial score (nSPS) is 10.6. The lowest BCUT2D eigenvalue weighted by molar-refractivity contribution is -0.111. The van der Waals surface area contributed by atoms with Gasteiger partial charge in [-0.25, -0.2) is 9.37 Å². The van der Waals surface area contributed by atoms with Gasteiger partial charge in [0.25, 0.3) is 0 Å². The summed E-state index contributed by atoms with van der Waals surface area (Å²) in [5, 5.41) is 2.64. The topological polar surface area (TPSA) is 42.0 Å². The second-order valence-electron chi connectivity index (χ2n) is 4.09. The molecule has 0 aliphatic heterocycles. The molecule has 0 fully saturated rings. The lowest BCUT2D eigenvalue weighted by Crippen LogP contribution is -2.08. The second kappa shape index (κ2) is 5.91. The van der Waals surface area contributed by atoms with Crippen LogP contribution in [-0.2, 0) is 4.79 Å². The van der Waals surface area contributed by atoms with Crippen molar-refractivity contribution in [1.82, 2.24) is 4.98 Å². The Morgan fingerprint density at radius 2 is 1.95 bits per heavy atom. The van der Waals surface area contributed by atoms with Crippen LogP contribution >= 0.6 is 0 Å². The lowest BCUT2D eigenvalue weighted by Gasteiger charge is -2.01. The molecule has 0 atom stereocenters. The number of pyridine rings is 1. The minimum atomic E-state index is -0.301. The average Bonchev–Trinajstić information content (AvgIpc) is 2.41. The van der Waals surface area contributed by atoms with Crippen LogP contribution in [0, 0.1) is 12.7 Å². The molecule has 1 N–H and O–H groups in total. The van der Waals surface area contributed by atoms with Crippen LogP contribution in [0.1, 0.15) is 11.1 Å². The molecule has 0 saturated carbocycles. The number of carbonyl (C=O) groups excluding carboxylic acids is 1. The molecule has 2 aromatic rings. The van der Waals surface area contributed by atoms with Crippen molar-refractivity contribution in [3.63, 3.8) is 0 Å². The highest BCUT2D eigenvalue weighted by Gasteiger charge is 1.98. The molecule has 0 radical (unpaired) electrons. The number of hydrogen-bond donors (Lipinski definition) is 1. The number of amides is 1. The summed E-state index contributed by atoms with van der Waals surface area (Å²) in [5.41, 5.74) is 1.79. The number of hydrogen-bond acceptors (Lipinski definition) is 2. The van der Waals surface area contributed by atoms with Gasteiger partial charge in [-0.2, -0.15) is 0 Å². The van der Waals surface area contributed by atoms with E-state index in [1.165, 1.54) is 18.2 Å². The third-order valence-electron chi connectivity index (χ3n) is 2.46. The number of benzene rings is 1. The van der Waals surface area contributed by atoms with Gasteiger partial charge < -0.3 is 5.32 Å². The van der Waals surface area contributed by atoms with E-state index in [4.69, 9.17) is 0 Å². The van der Waals surface area contributed by atoms with Crippen LogP contribution in [-0.4, -0.2) is 10.9 Å². The maximum absolute atomic E-state index is 12.7. The van der Waals surface area contributed by atoms with Crippen molar-refractivity contribution < 1.29 is 9.18 Å². The number of nitrogens with one attached hydrogen (secondary N) is 1. The Labute approximate surface area is 110 Å². The van der Waals surface area contributed by atoms with Crippen molar-refractivity contribution in [2.24, 2.45) is 0 Å². The zero-order valence-corrected chi connectivity index (χ0v) is 10.4. The average molecular weight is 256 g/mol. The summed E-state index contributed by atoms with van der Waals surface area (Å²) < 4.78 is 12.7. The molecule has 0 aliphatic rings. The minimum absolute atomic E-state index is 0.277. The molecule has 19 heavy (non-hydrogen) atoms. The Bertz CT molecular complexity index is 589. The van der Waals surface area contributed by atoms with Crippen molar-refractivity contribution in [2.75, 3.05) is 5.32 Å². The quantitative estimate of drug-likeness (QED) is 0.857. The Balaban J connectivity index is 1.97. The molecule has 4 heteroatoms. The summed E-state index contributed by atoms with van der Waals surface area (Å²) in [7, 11) is 0. The lowest BCUT2D eigenvalue weighted by atomic mass is 10.2. The molecule has 1 aromatic heterocycles. The number of aromatic nitrogens is 1. The molecule has 1 heterocycles. The minimum Gasteiger partial charge on any atom is -0.307 e. The van der Waals surface area contributed by atoms with Gasteiger partial charge in [0.2, 0.25) is 5.91 Å². The number of aryl methyl sites for hydroxylation is 1. The predicted octanol–water partition coefficient (Wildman–Crippen LogP) is 3.18. The van der Waals surface area contributed by atoms with Crippen LogP contribution in [0.4, 0.5) is 10.2 Å². The van der Waals surface area contributed by atoms with Gasteiger partial charge in [0.1, 0.15) is 11.6 Å². The second-order valence-corrected chi connectivity index (χ2v) is 4.09. The van der Waals surface area contributed by atoms with Crippen molar-refractivity contribution in [3.8, 4) is 0 Å². The Kier molecular flexibility index (Phi) is 4.03. The summed E-state index contributed by atoms with van der Waals surface area (Å²) >= 11 is 0. The van der Waals surface area contributed by atoms with E-state index < -0.39 is 0 Å². The van der Waals surface area contributed by atoms with Crippen LogP contribution in [0.15, 0.2) is 48.7 Å². The van der Waals surface area contributed by atoms with Crippen LogP contribution in [0.5, 0.6) is 0 Å². The summed E-state index contributed by atoms with van der Waals surface area (Å²) in [5.74, 6) is -0.0782. The molecular weight excluding hydrogens is 243 g/mol. The molecule has 3 nitrogen and oxygen atoms in total. The van der Waals surface area contributed by atoms with Gasteiger partial charge in [0.15, 0.2) is 0 Å². The third-order valence-corrected chi connectivity index (χ3v) is 2.46. The van der Waals surface area contributed by atoms with Crippen LogP contribution in [0.25, 0.3) is 6.08 Å². The Morgan fingerprint density at radius 3 is 2.58 bits per heavy atom. The first kappa shape index (κ1) is 13.0. The molecule has 1 aromatic carbocycles. The SMILES string of the molecule is Cc1ccc(NC(=O)C=Cc2ccc(F)cc2)nc1. The zero-order valence-electron chi connectivity index (χ0n) is 10.4. The maximum atomic E-state index is 12.7. The van der Waals surface area contributed by atoms with Gasteiger partial charge >= 0.3 is 0 Å². The number of halogens is 1. The molecule has 1 amide bonds. The zero-order chi connectivity index (χ0) is 13.7. The molecule has 0 aliphatic carbocycles. The molecule has 0 unspecified atom stereocenters. The fourth-order valence-electron chi connectivity index (χ4n) is 1.46. The summed E-state index contributed by atoms with van der Waals surface area (Å²) in [6, 6.07) is 9.50. The van der Waals surface area contributed by atoms with Gasteiger partial charge in [-0.1, -0.05) is 18.2 Å². The van der Waals surface area contributed by atoms with Gasteiger partial charge in [0.05, 0.1) is 0 Å². The largest absolute Gasteiger partial charge is 0.307 e. The highest BCUT2D eigenvalue weighted by Crippen LogP contribution is 2.06. The highest BCUT2D eigenvalue weighted by atomic mass is 19.1. The summed E-state index contributed by atoms with van der Waals surface area (Å²) in [6.45, 7) is 1.92. The van der Waals surface area contributed by atoms with Crippen molar-refractivity contribution in [1.29, 1.82) is 0 Å². The molecule has 96 valence electrons. The van der Waals surface area contributed by atoms with Crippen molar-refractivity contribution in [3.05, 3.63) is 65.6 Å². The number of nitrogens with zero attached hydrogens (tertiary/aromatic N) is 1. The van der Waals surface area contributed by atoms with Gasteiger partial charge in [0, 0.05) is 12.3 Å². The van der Waals surface area contributed by atoms with E-state index >= 15 is 0 Å². The summed E-state index contributed by atoms with van der Waals surface area (Å²) in [4.78, 5) is 15.7. The van der Waals surface area contributed by atoms with E-state index in [9.17, 15) is 9.18 Å². The number of anilines is 1. The van der Waals surface area contributed by atoms with E-state index in [0.29, 0.717) is 5.82 Å². The predicted molar refractivity (Wildman–Crippen MR) is 73.0 cm³/mol. The van der Waals surface area contributed by atoms with E-state index in [-0.39, 0.29) is 11.7 Å². The first-order valence-corrected chi connectivity index (χ1v) is 5.81. The smallest absolute Gasteiger partial charge is 0.249 e. The first-order valence-electron chi connectivity index (χ1n) is 5.81. The van der Waals surface area contributed by atoms with E-state index in [1.807, 2.05) is 13.0 Å². The molecular formula is C15H13FN2O. The Hall–Kier alpha value is -2.49. The highest BCUT2D eigenvalue weighted by molar-refractivity contribution is 6.01. The summed E-state index contributed by atoms with van der Waals surface area (Å²) in [6.07, 6.45) is 4.68. The van der Waals surface area contributed by atoms with Crippen molar-refractivity contribution >= 4 is 17.8 Å². The van der Waals surface area contributed by atoms with Gasteiger partial charge in [-0.15, -0.1) is 0 Å². The molecule has 0 saturated heterocycles. The molecule has 0 bridgehead atoms. The molecule has 0 spiro atoms. The number of rotatable bonds is 3. The van der Waals surface area contributed by atoms with Gasteiger partial charge in [-0.05, 0) is 42.3 Å². The van der Waals surface area contributed by atoms with Crippen molar-refractivity contribution in [2.45, 2.75) is 6.92 Å². The maximum Gasteiger partial charge on any atom is 0.249 e. The standard InChI is InChI=1S/C15H13FN2O/c1-11-2-8-14(17-10-11)18-15(19)9-5-12-3-6-13(16)7-4-12/h2-10H,1H3,(H,17,18,19). The fourth-order valence-corrected chi connectivity index (χ4v) is 1.46. The monoisotopic (exact) mass is 256 g/mol. The third kappa shape index (κ3) is 4.03. The van der Waals surface area contributed by atoms with Crippen LogP contribution in [0.2, 0.25) is 0 Å². The Morgan fingerprint density at radius 1 is 1.21 bits per heavy atom. The van der Waals surface area contributed by atoms with E-state index in [2.05, 4.69) is 10.3 Å².